The Morgan fingerprint density at radius 2 is 1.90 bits per heavy atom. The number of benzene rings is 1. The first-order chi connectivity index (χ1) is 19.5. The number of alkyl halides is 4. The zero-order valence-electron chi connectivity index (χ0n) is 22.5. The third-order valence-corrected chi connectivity index (χ3v) is 7.73. The van der Waals surface area contributed by atoms with Gasteiger partial charge in [0.15, 0.2) is 5.65 Å². The van der Waals surface area contributed by atoms with Crippen LogP contribution in [0, 0.1) is 11.8 Å². The highest BCUT2D eigenvalue weighted by Gasteiger charge is 2.42. The Balaban J connectivity index is 1.40. The summed E-state index contributed by atoms with van der Waals surface area (Å²) in [6.45, 7) is -0.647. The molecule has 2 aliphatic rings. The van der Waals surface area contributed by atoms with Crippen LogP contribution < -0.4 is 16.0 Å². The van der Waals surface area contributed by atoms with Crippen LogP contribution in [0.15, 0.2) is 42.6 Å². The molecule has 1 aromatic carbocycles. The number of nitrogens with one attached hydrogen (secondary N) is 3. The Labute approximate surface area is 234 Å². The van der Waals surface area contributed by atoms with Crippen LogP contribution in [0.1, 0.15) is 55.1 Å². The summed E-state index contributed by atoms with van der Waals surface area (Å²) in [4.78, 5) is 29.7. The third-order valence-electron chi connectivity index (χ3n) is 7.73. The van der Waals surface area contributed by atoms with Gasteiger partial charge in [-0.05, 0) is 24.3 Å². The highest BCUT2D eigenvalue weighted by molar-refractivity contribution is 5.80. The Morgan fingerprint density at radius 3 is 2.61 bits per heavy atom. The van der Waals surface area contributed by atoms with Crippen LogP contribution in [0.2, 0.25) is 0 Å². The van der Waals surface area contributed by atoms with Gasteiger partial charge in [0, 0.05) is 44.7 Å². The molecule has 220 valence electrons. The third kappa shape index (κ3) is 6.88. The molecule has 0 radical (unpaired) electrons. The molecule has 9 nitrogen and oxygen atoms in total. The largest absolute Gasteiger partial charge is 0.445 e. The highest BCUT2D eigenvalue weighted by atomic mass is 19.3. The number of hydrogen-bond acceptors (Lipinski definition) is 6. The van der Waals surface area contributed by atoms with Crippen molar-refractivity contribution >= 4 is 23.3 Å². The van der Waals surface area contributed by atoms with Gasteiger partial charge in [-0.2, -0.15) is 5.10 Å². The maximum Gasteiger partial charge on any atom is 0.408 e. The van der Waals surface area contributed by atoms with Gasteiger partial charge in [0.2, 0.25) is 11.8 Å². The topological polar surface area (TPSA) is 110 Å². The molecule has 2 amide bonds. The van der Waals surface area contributed by atoms with Gasteiger partial charge in [0.05, 0.1) is 35.9 Å². The molecule has 3 aromatic rings. The average Bonchev–Trinajstić information content (AvgIpc) is 3.35. The Bertz CT molecular complexity index is 1390. The minimum absolute atomic E-state index is 0.0216. The number of imidazole rings is 1. The van der Waals surface area contributed by atoms with Gasteiger partial charge in [-0.1, -0.05) is 30.3 Å². The van der Waals surface area contributed by atoms with Crippen LogP contribution in [-0.4, -0.2) is 52.0 Å². The fraction of sp³-hybridized carbons (Fsp3) is 0.500. The summed E-state index contributed by atoms with van der Waals surface area (Å²) in [5, 5.41) is 12.6. The molecule has 41 heavy (non-hydrogen) atoms. The number of amides is 2. The van der Waals surface area contributed by atoms with E-state index in [1.54, 1.807) is 19.3 Å². The number of anilines is 1. The lowest BCUT2D eigenvalue weighted by atomic mass is 9.81. The average molecular weight is 577 g/mol. The fourth-order valence-corrected chi connectivity index (χ4v) is 5.50. The van der Waals surface area contributed by atoms with E-state index in [1.165, 1.54) is 4.52 Å². The number of halogens is 4. The lowest BCUT2D eigenvalue weighted by Gasteiger charge is -2.33. The zero-order chi connectivity index (χ0) is 29.2. The van der Waals surface area contributed by atoms with Crippen LogP contribution in [0.3, 0.4) is 0 Å². The summed E-state index contributed by atoms with van der Waals surface area (Å²) in [7, 11) is 1.64. The number of hydrogen-bond donors (Lipinski definition) is 3. The van der Waals surface area contributed by atoms with Crippen LogP contribution in [0.5, 0.6) is 0 Å². The number of alkyl carbamates (subject to hydrolysis) is 1. The van der Waals surface area contributed by atoms with Crippen molar-refractivity contribution in [3.63, 3.8) is 0 Å². The number of carbonyl (C=O) groups excluding carboxylic acids is 2. The standard InChI is InChI=1S/C28H32F4N6O3/c1-33-20-12-23-35-22(14-38(23)37-21(20)11-19-13-28(31,32)16-34-25(19)39)24(18-7-9-27(29,30)10-8-18)36-26(40)41-15-17-5-3-2-4-6-17/h2-6,12,14,18-19,24,33H,7-11,13,15-16H2,1H3,(H,34,39)(H,36,40)/t19?,24-/m0/s1. The van der Waals surface area contributed by atoms with E-state index in [-0.39, 0.29) is 44.6 Å². The first-order valence-electron chi connectivity index (χ1n) is 13.6. The minimum Gasteiger partial charge on any atom is -0.445 e. The van der Waals surface area contributed by atoms with Crippen LogP contribution >= 0.6 is 0 Å². The highest BCUT2D eigenvalue weighted by Crippen LogP contribution is 2.41. The molecular formula is C28H32F4N6O3. The molecule has 1 saturated heterocycles. The van der Waals surface area contributed by atoms with E-state index in [9.17, 15) is 27.2 Å². The first kappa shape index (κ1) is 28.6. The van der Waals surface area contributed by atoms with Gasteiger partial charge in [-0.3, -0.25) is 4.79 Å². The van der Waals surface area contributed by atoms with Gasteiger partial charge < -0.3 is 20.7 Å². The number of carbonyl (C=O) groups is 2. The molecule has 3 heterocycles. The number of fused-ring (bicyclic) bond motifs is 1. The van der Waals surface area contributed by atoms with Crippen molar-refractivity contribution in [2.24, 2.45) is 11.8 Å². The van der Waals surface area contributed by atoms with Crippen molar-refractivity contribution in [1.29, 1.82) is 0 Å². The molecular weight excluding hydrogens is 544 g/mol. The predicted octanol–water partition coefficient (Wildman–Crippen LogP) is 4.88. The Hall–Kier alpha value is -3.90. The van der Waals surface area contributed by atoms with E-state index in [0.29, 0.717) is 22.7 Å². The molecule has 5 rings (SSSR count). The summed E-state index contributed by atoms with van der Waals surface area (Å²) in [5.74, 6) is -7.50. The van der Waals surface area contributed by atoms with Gasteiger partial charge in [0.25, 0.3) is 5.92 Å². The van der Waals surface area contributed by atoms with Crippen LogP contribution in [-0.2, 0) is 22.6 Å². The molecule has 1 saturated carbocycles. The van der Waals surface area contributed by atoms with Gasteiger partial charge >= 0.3 is 6.09 Å². The quantitative estimate of drug-likeness (QED) is 0.330. The van der Waals surface area contributed by atoms with E-state index in [1.807, 2.05) is 30.3 Å². The van der Waals surface area contributed by atoms with Crippen molar-refractivity contribution in [1.82, 2.24) is 25.2 Å². The maximum atomic E-state index is 14.0. The lowest BCUT2D eigenvalue weighted by molar-refractivity contribution is -0.136. The predicted molar refractivity (Wildman–Crippen MR) is 142 cm³/mol. The first-order valence-corrected chi connectivity index (χ1v) is 13.6. The molecule has 2 aromatic heterocycles. The lowest BCUT2D eigenvalue weighted by Crippen LogP contribution is -2.48. The summed E-state index contributed by atoms with van der Waals surface area (Å²) in [5.41, 5.74) is 2.51. The zero-order valence-corrected chi connectivity index (χ0v) is 22.5. The summed E-state index contributed by atoms with van der Waals surface area (Å²) < 4.78 is 62.7. The van der Waals surface area contributed by atoms with E-state index in [0.717, 1.165) is 5.56 Å². The number of rotatable bonds is 8. The molecule has 2 atom stereocenters. The van der Waals surface area contributed by atoms with Crippen LogP contribution in [0.4, 0.5) is 28.0 Å². The molecule has 2 fully saturated rings. The van der Waals surface area contributed by atoms with Gasteiger partial charge in [-0.15, -0.1) is 0 Å². The molecule has 1 aliphatic heterocycles. The smallest absolute Gasteiger partial charge is 0.408 e. The summed E-state index contributed by atoms with van der Waals surface area (Å²) >= 11 is 0. The maximum absolute atomic E-state index is 14.0. The molecule has 0 bridgehead atoms. The van der Waals surface area contributed by atoms with Crippen molar-refractivity contribution in [2.75, 3.05) is 18.9 Å². The minimum atomic E-state index is -3.00. The fourth-order valence-electron chi connectivity index (χ4n) is 5.50. The van der Waals surface area contributed by atoms with Gasteiger partial charge in [-0.25, -0.2) is 31.9 Å². The van der Waals surface area contributed by atoms with E-state index in [4.69, 9.17) is 4.74 Å². The summed E-state index contributed by atoms with van der Waals surface area (Å²) in [6, 6.07) is 10.1. The molecule has 3 N–H and O–H groups in total. The molecule has 1 aliphatic carbocycles. The number of aromatic nitrogens is 3. The Kier molecular flexibility index (Phi) is 8.05. The molecule has 0 spiro atoms. The van der Waals surface area contributed by atoms with Crippen LogP contribution in [0.25, 0.3) is 5.65 Å². The molecule has 1 unspecified atom stereocenters. The number of nitrogens with zero attached hydrogens (tertiary/aromatic N) is 3. The van der Waals surface area contributed by atoms with Crippen molar-refractivity contribution in [3.05, 3.63) is 59.5 Å². The number of ether oxygens (including phenoxy) is 1. The van der Waals surface area contributed by atoms with Crippen molar-refractivity contribution in [2.45, 2.75) is 63.0 Å². The Morgan fingerprint density at radius 1 is 1.17 bits per heavy atom. The number of piperidine rings is 1. The second-order valence-corrected chi connectivity index (χ2v) is 10.8. The second-order valence-electron chi connectivity index (χ2n) is 10.8. The second kappa shape index (κ2) is 11.5. The van der Waals surface area contributed by atoms with Crippen molar-refractivity contribution < 1.29 is 31.9 Å². The van der Waals surface area contributed by atoms with Gasteiger partial charge in [0.1, 0.15) is 6.61 Å². The van der Waals surface area contributed by atoms with E-state index < -0.39 is 48.8 Å². The SMILES string of the molecule is CNc1cc2nc([C@@H](NC(=O)OCc3ccccc3)C3CCC(F)(F)CC3)cn2nc1CC1CC(F)(F)CNC1=O. The van der Waals surface area contributed by atoms with E-state index in [2.05, 4.69) is 26.0 Å². The monoisotopic (exact) mass is 576 g/mol. The molecule has 13 heteroatoms. The van der Waals surface area contributed by atoms with E-state index >= 15 is 0 Å². The normalized spacial score (nSPS) is 21.2. The summed E-state index contributed by atoms with van der Waals surface area (Å²) in [6.07, 6.45) is 0.0222. The van der Waals surface area contributed by atoms with Crippen molar-refractivity contribution in [3.8, 4) is 0 Å².